The number of nitrogens with zero attached hydrogens (tertiary/aromatic N) is 2. The molecule has 1 saturated heterocycles. The lowest BCUT2D eigenvalue weighted by Gasteiger charge is -2.32. The number of aryl methyl sites for hydroxylation is 2. The fraction of sp³-hybridized carbons (Fsp3) is 0.360. The van der Waals surface area contributed by atoms with Crippen LogP contribution in [0.4, 0.5) is 0 Å². The standard InChI is InChI=1S/C25H29N3O.2ClH/c1-17-13-21-22(25(29)28-11-9-19(10-12-28)16-26-3)15-23(20-7-5-4-6-8-20)27-24(21)14-18(17)2;;/h4-8,13-15,19,26H,9-12,16H2,1-3H3;2*1H. The summed E-state index contributed by atoms with van der Waals surface area (Å²) in [5.41, 5.74) is 5.94. The summed E-state index contributed by atoms with van der Waals surface area (Å²) in [5, 5.41) is 4.22. The molecule has 2 heterocycles. The van der Waals surface area contributed by atoms with Crippen LogP contribution in [0.15, 0.2) is 48.5 Å². The minimum atomic E-state index is 0. The van der Waals surface area contributed by atoms with Crippen molar-refractivity contribution in [1.29, 1.82) is 0 Å². The Morgan fingerprint density at radius 1 is 1.03 bits per heavy atom. The Morgan fingerprint density at radius 3 is 2.32 bits per heavy atom. The number of likely N-dealkylation sites (tertiary alicyclic amines) is 1. The molecular formula is C25H31Cl2N3O. The highest BCUT2D eigenvalue weighted by atomic mass is 35.5. The van der Waals surface area contributed by atoms with Gasteiger partial charge in [0.05, 0.1) is 16.8 Å². The molecule has 1 amide bonds. The van der Waals surface area contributed by atoms with Crippen LogP contribution in [-0.4, -0.2) is 42.5 Å². The van der Waals surface area contributed by atoms with Crippen LogP contribution in [0.25, 0.3) is 22.2 Å². The first-order chi connectivity index (χ1) is 14.1. The van der Waals surface area contributed by atoms with Gasteiger partial charge in [-0.05, 0) is 75.5 Å². The number of aromatic nitrogens is 1. The number of rotatable bonds is 4. The first kappa shape index (κ1) is 25.1. The normalized spacial score (nSPS) is 14.1. The van der Waals surface area contributed by atoms with Gasteiger partial charge >= 0.3 is 0 Å². The number of carbonyl (C=O) groups excluding carboxylic acids is 1. The van der Waals surface area contributed by atoms with Gasteiger partial charge in [0.15, 0.2) is 0 Å². The van der Waals surface area contributed by atoms with Gasteiger partial charge in [-0.3, -0.25) is 4.79 Å². The third-order valence-corrected chi connectivity index (χ3v) is 6.12. The van der Waals surface area contributed by atoms with E-state index in [-0.39, 0.29) is 30.7 Å². The molecule has 0 atom stereocenters. The fourth-order valence-corrected chi connectivity index (χ4v) is 4.22. The summed E-state index contributed by atoms with van der Waals surface area (Å²) in [6.07, 6.45) is 2.11. The number of benzene rings is 2. The summed E-state index contributed by atoms with van der Waals surface area (Å²) in [7, 11) is 2.00. The number of hydrogen-bond donors (Lipinski definition) is 1. The second kappa shape index (κ2) is 10.9. The molecule has 1 fully saturated rings. The Kier molecular flexibility index (Phi) is 8.87. The molecule has 4 nitrogen and oxygen atoms in total. The van der Waals surface area contributed by atoms with Crippen LogP contribution in [-0.2, 0) is 0 Å². The van der Waals surface area contributed by atoms with Crippen LogP contribution in [0.3, 0.4) is 0 Å². The van der Waals surface area contributed by atoms with Crippen LogP contribution in [0.1, 0.15) is 34.3 Å². The van der Waals surface area contributed by atoms with E-state index in [1.54, 1.807) is 0 Å². The molecule has 6 heteroatoms. The Labute approximate surface area is 197 Å². The van der Waals surface area contributed by atoms with E-state index in [9.17, 15) is 4.79 Å². The molecule has 1 aliphatic rings. The molecule has 31 heavy (non-hydrogen) atoms. The number of hydrogen-bond acceptors (Lipinski definition) is 3. The van der Waals surface area contributed by atoms with Crippen molar-refractivity contribution >= 4 is 41.6 Å². The fourth-order valence-electron chi connectivity index (χ4n) is 4.22. The van der Waals surface area contributed by atoms with Crippen LogP contribution < -0.4 is 5.32 Å². The lowest BCUT2D eigenvalue weighted by atomic mass is 9.95. The maximum atomic E-state index is 13.5. The third-order valence-electron chi connectivity index (χ3n) is 6.12. The Balaban J connectivity index is 0.00000171. The quantitative estimate of drug-likeness (QED) is 0.565. The Hall–Kier alpha value is -2.14. The largest absolute Gasteiger partial charge is 0.339 e. The summed E-state index contributed by atoms with van der Waals surface area (Å²) in [4.78, 5) is 20.5. The average Bonchev–Trinajstić information content (AvgIpc) is 2.75. The van der Waals surface area contributed by atoms with Gasteiger partial charge in [0.1, 0.15) is 0 Å². The number of pyridine rings is 1. The first-order valence-electron chi connectivity index (χ1n) is 10.5. The van der Waals surface area contributed by atoms with Gasteiger partial charge in [-0.1, -0.05) is 30.3 Å². The van der Waals surface area contributed by atoms with Gasteiger partial charge in [0.2, 0.25) is 0 Å². The Morgan fingerprint density at radius 2 is 1.68 bits per heavy atom. The Bertz CT molecular complexity index is 1030. The predicted molar refractivity (Wildman–Crippen MR) is 134 cm³/mol. The highest BCUT2D eigenvalue weighted by Crippen LogP contribution is 2.29. The van der Waals surface area contributed by atoms with Crippen molar-refractivity contribution in [3.8, 4) is 11.3 Å². The second-order valence-electron chi connectivity index (χ2n) is 8.17. The lowest BCUT2D eigenvalue weighted by molar-refractivity contribution is 0.0693. The monoisotopic (exact) mass is 459 g/mol. The minimum absolute atomic E-state index is 0. The van der Waals surface area contributed by atoms with Crippen LogP contribution in [0.5, 0.6) is 0 Å². The predicted octanol–water partition coefficient (Wildman–Crippen LogP) is 5.43. The maximum absolute atomic E-state index is 13.5. The minimum Gasteiger partial charge on any atom is -0.339 e. The molecular weight excluding hydrogens is 429 g/mol. The van der Waals surface area contributed by atoms with Crippen molar-refractivity contribution in [2.24, 2.45) is 5.92 Å². The number of halogens is 2. The van der Waals surface area contributed by atoms with Crippen LogP contribution >= 0.6 is 24.8 Å². The third kappa shape index (κ3) is 5.38. The highest BCUT2D eigenvalue weighted by Gasteiger charge is 2.25. The molecule has 0 saturated carbocycles. The summed E-state index contributed by atoms with van der Waals surface area (Å²) < 4.78 is 0. The smallest absolute Gasteiger partial charge is 0.254 e. The van der Waals surface area contributed by atoms with Crippen molar-refractivity contribution in [3.05, 3.63) is 65.2 Å². The molecule has 3 aromatic rings. The van der Waals surface area contributed by atoms with Gasteiger partial charge in [0, 0.05) is 24.0 Å². The van der Waals surface area contributed by atoms with E-state index in [2.05, 4.69) is 31.3 Å². The number of piperidine rings is 1. The highest BCUT2D eigenvalue weighted by molar-refractivity contribution is 6.07. The molecule has 4 rings (SSSR count). The van der Waals surface area contributed by atoms with Gasteiger partial charge in [-0.25, -0.2) is 4.98 Å². The van der Waals surface area contributed by atoms with E-state index < -0.39 is 0 Å². The molecule has 0 radical (unpaired) electrons. The summed E-state index contributed by atoms with van der Waals surface area (Å²) in [6.45, 7) is 6.86. The number of amides is 1. The van der Waals surface area contributed by atoms with Crippen molar-refractivity contribution in [1.82, 2.24) is 15.2 Å². The van der Waals surface area contributed by atoms with Gasteiger partial charge in [0.25, 0.3) is 5.91 Å². The molecule has 166 valence electrons. The zero-order valence-corrected chi connectivity index (χ0v) is 20.0. The summed E-state index contributed by atoms with van der Waals surface area (Å²) in [6, 6.07) is 16.3. The SMILES string of the molecule is CNCC1CCN(C(=O)c2cc(-c3ccccc3)nc3cc(C)c(C)cc23)CC1.Cl.Cl. The van der Waals surface area contributed by atoms with Gasteiger partial charge in [-0.2, -0.15) is 0 Å². The lowest BCUT2D eigenvalue weighted by Crippen LogP contribution is -2.40. The number of nitrogens with one attached hydrogen (secondary N) is 1. The molecule has 1 aromatic heterocycles. The van der Waals surface area contributed by atoms with E-state index in [1.807, 2.05) is 48.3 Å². The van der Waals surface area contributed by atoms with Crippen molar-refractivity contribution in [2.75, 3.05) is 26.7 Å². The molecule has 0 bridgehead atoms. The molecule has 0 spiro atoms. The van der Waals surface area contributed by atoms with Crippen molar-refractivity contribution < 1.29 is 4.79 Å². The molecule has 0 unspecified atom stereocenters. The molecule has 1 N–H and O–H groups in total. The average molecular weight is 460 g/mol. The van der Waals surface area contributed by atoms with Crippen molar-refractivity contribution in [2.45, 2.75) is 26.7 Å². The van der Waals surface area contributed by atoms with E-state index in [1.165, 1.54) is 11.1 Å². The van der Waals surface area contributed by atoms with Gasteiger partial charge < -0.3 is 10.2 Å². The van der Waals surface area contributed by atoms with Crippen LogP contribution in [0, 0.1) is 19.8 Å². The zero-order chi connectivity index (χ0) is 20.4. The zero-order valence-electron chi connectivity index (χ0n) is 18.4. The molecule has 0 aliphatic carbocycles. The summed E-state index contributed by atoms with van der Waals surface area (Å²) >= 11 is 0. The van der Waals surface area contributed by atoms with Crippen molar-refractivity contribution in [3.63, 3.8) is 0 Å². The first-order valence-corrected chi connectivity index (χ1v) is 10.5. The van der Waals surface area contributed by atoms with E-state index in [0.29, 0.717) is 5.92 Å². The van der Waals surface area contributed by atoms with Gasteiger partial charge in [-0.15, -0.1) is 24.8 Å². The van der Waals surface area contributed by atoms with E-state index >= 15 is 0 Å². The van der Waals surface area contributed by atoms with Crippen LogP contribution in [0.2, 0.25) is 0 Å². The number of fused-ring (bicyclic) bond motifs is 1. The summed E-state index contributed by atoms with van der Waals surface area (Å²) in [5.74, 6) is 0.781. The maximum Gasteiger partial charge on any atom is 0.254 e. The second-order valence-corrected chi connectivity index (χ2v) is 8.17. The van der Waals surface area contributed by atoms with E-state index in [4.69, 9.17) is 4.98 Å². The van der Waals surface area contributed by atoms with E-state index in [0.717, 1.165) is 60.2 Å². The topological polar surface area (TPSA) is 45.2 Å². The molecule has 1 aliphatic heterocycles. The number of carbonyl (C=O) groups is 1. The molecule has 2 aromatic carbocycles.